The van der Waals surface area contributed by atoms with E-state index in [-0.39, 0.29) is 31.4 Å². The van der Waals surface area contributed by atoms with Crippen LogP contribution in [-0.2, 0) is 19.1 Å². The molecule has 0 fully saturated rings. The number of carbonyl (C=O) groups is 2. The largest absolute Gasteiger partial charge is 0.493 e. The summed E-state index contributed by atoms with van der Waals surface area (Å²) in [7, 11) is 2.87. The van der Waals surface area contributed by atoms with Gasteiger partial charge in [0.05, 0.1) is 20.6 Å². The predicted octanol–water partition coefficient (Wildman–Crippen LogP) is 1.89. The third-order valence-electron chi connectivity index (χ3n) is 3.51. The summed E-state index contributed by atoms with van der Waals surface area (Å²) >= 11 is 0. The highest BCUT2D eigenvalue weighted by molar-refractivity contribution is 5.78. The smallest absolute Gasteiger partial charge is 0.307 e. The van der Waals surface area contributed by atoms with Crippen LogP contribution in [0, 0.1) is 0 Å². The molecule has 7 heteroatoms. The Morgan fingerprint density at radius 1 is 1.08 bits per heavy atom. The van der Waals surface area contributed by atoms with E-state index in [4.69, 9.17) is 14.2 Å². The molecule has 1 rings (SSSR count). The van der Waals surface area contributed by atoms with Crippen molar-refractivity contribution in [2.45, 2.75) is 19.8 Å². The minimum absolute atomic E-state index is 0.129. The van der Waals surface area contributed by atoms with Crippen molar-refractivity contribution in [3.63, 3.8) is 0 Å². The van der Waals surface area contributed by atoms with E-state index >= 15 is 0 Å². The molecular formula is C18H27NO6. The van der Waals surface area contributed by atoms with Crippen molar-refractivity contribution < 1.29 is 28.5 Å². The first kappa shape index (κ1) is 20.8. The van der Waals surface area contributed by atoms with Gasteiger partial charge in [-0.15, -0.1) is 0 Å². The molecule has 1 aromatic rings. The van der Waals surface area contributed by atoms with Crippen LogP contribution in [-0.4, -0.2) is 63.9 Å². The van der Waals surface area contributed by atoms with Gasteiger partial charge in [-0.2, -0.15) is 0 Å². The lowest BCUT2D eigenvalue weighted by Crippen LogP contribution is -2.37. The fourth-order valence-electron chi connectivity index (χ4n) is 2.16. The predicted molar refractivity (Wildman–Crippen MR) is 92.8 cm³/mol. The molecule has 0 saturated heterocycles. The fraction of sp³-hybridized carbons (Fsp3) is 0.556. The Labute approximate surface area is 148 Å². The first-order valence-electron chi connectivity index (χ1n) is 8.30. The van der Waals surface area contributed by atoms with Gasteiger partial charge in [-0.1, -0.05) is 12.1 Å². The Kier molecular flexibility index (Phi) is 10.1. The number of rotatable bonds is 12. The van der Waals surface area contributed by atoms with Crippen LogP contribution in [0.15, 0.2) is 24.3 Å². The van der Waals surface area contributed by atoms with Crippen molar-refractivity contribution in [1.82, 2.24) is 4.90 Å². The number of amides is 1. The third kappa shape index (κ3) is 7.89. The van der Waals surface area contributed by atoms with E-state index in [1.54, 1.807) is 30.2 Å². The van der Waals surface area contributed by atoms with Gasteiger partial charge in [-0.3, -0.25) is 9.59 Å². The van der Waals surface area contributed by atoms with Crippen molar-refractivity contribution in [1.29, 1.82) is 0 Å². The molecule has 0 N–H and O–H groups in total. The van der Waals surface area contributed by atoms with Crippen molar-refractivity contribution >= 4 is 11.9 Å². The van der Waals surface area contributed by atoms with Gasteiger partial charge >= 0.3 is 5.97 Å². The molecule has 0 saturated carbocycles. The molecule has 0 radical (unpaired) electrons. The van der Waals surface area contributed by atoms with Gasteiger partial charge in [-0.05, 0) is 25.5 Å². The van der Waals surface area contributed by atoms with Crippen LogP contribution >= 0.6 is 0 Å². The average Bonchev–Trinajstić information content (AvgIpc) is 2.65. The monoisotopic (exact) mass is 353 g/mol. The molecule has 0 spiro atoms. The Balaban J connectivity index is 2.58. The van der Waals surface area contributed by atoms with E-state index in [1.807, 2.05) is 13.0 Å². The summed E-state index contributed by atoms with van der Waals surface area (Å²) < 4.78 is 20.7. The summed E-state index contributed by atoms with van der Waals surface area (Å²) in [5, 5.41) is 0. The fourth-order valence-corrected chi connectivity index (χ4v) is 2.16. The van der Waals surface area contributed by atoms with Gasteiger partial charge in [0, 0.05) is 26.3 Å². The molecule has 0 aliphatic rings. The topological polar surface area (TPSA) is 74.3 Å². The van der Waals surface area contributed by atoms with E-state index in [0.29, 0.717) is 37.7 Å². The summed E-state index contributed by atoms with van der Waals surface area (Å²) in [6, 6.07) is 7.13. The molecule has 0 heterocycles. The first-order chi connectivity index (χ1) is 12.1. The van der Waals surface area contributed by atoms with E-state index < -0.39 is 0 Å². The van der Waals surface area contributed by atoms with Crippen LogP contribution in [0.1, 0.15) is 19.8 Å². The number of ether oxygens (including phenoxy) is 4. The number of hydrogen-bond acceptors (Lipinski definition) is 6. The quantitative estimate of drug-likeness (QED) is 0.422. The van der Waals surface area contributed by atoms with E-state index in [9.17, 15) is 9.59 Å². The van der Waals surface area contributed by atoms with Crippen molar-refractivity contribution in [2.24, 2.45) is 0 Å². The Bertz CT molecular complexity index is 534. The van der Waals surface area contributed by atoms with Gasteiger partial charge in [0.1, 0.15) is 0 Å². The molecule has 0 unspecified atom stereocenters. The van der Waals surface area contributed by atoms with Gasteiger partial charge in [0.2, 0.25) is 0 Å². The second-order valence-corrected chi connectivity index (χ2v) is 5.20. The molecule has 0 aliphatic heterocycles. The number of esters is 1. The Hall–Kier alpha value is -2.28. The highest BCUT2D eigenvalue weighted by Crippen LogP contribution is 2.25. The number of para-hydroxylation sites is 2. The minimum Gasteiger partial charge on any atom is -0.493 e. The van der Waals surface area contributed by atoms with Gasteiger partial charge in [0.15, 0.2) is 18.1 Å². The van der Waals surface area contributed by atoms with Crippen LogP contribution < -0.4 is 9.47 Å². The Morgan fingerprint density at radius 3 is 2.44 bits per heavy atom. The number of methoxy groups -OCH3 is 2. The maximum atomic E-state index is 12.4. The number of carbonyl (C=O) groups excluding carboxylic acids is 2. The molecule has 25 heavy (non-hydrogen) atoms. The molecule has 7 nitrogen and oxygen atoms in total. The summed E-state index contributed by atoms with van der Waals surface area (Å²) in [4.78, 5) is 25.4. The summed E-state index contributed by atoms with van der Waals surface area (Å²) in [5.74, 6) is 0.507. The number of nitrogens with zero attached hydrogens (tertiary/aromatic N) is 1. The molecule has 0 bridgehead atoms. The van der Waals surface area contributed by atoms with E-state index in [1.165, 1.54) is 7.11 Å². The number of benzene rings is 1. The average molecular weight is 353 g/mol. The zero-order valence-electron chi connectivity index (χ0n) is 15.2. The van der Waals surface area contributed by atoms with Gasteiger partial charge in [0.25, 0.3) is 5.91 Å². The van der Waals surface area contributed by atoms with Gasteiger partial charge in [-0.25, -0.2) is 0 Å². The second-order valence-electron chi connectivity index (χ2n) is 5.20. The zero-order chi connectivity index (χ0) is 18.5. The second kappa shape index (κ2) is 12.1. The standard InChI is InChI=1S/C18H27NO6/c1-4-24-13-7-11-19(12-10-18(21)23-3)17(20)14-25-16-9-6-5-8-15(16)22-2/h5-6,8-9H,4,7,10-14H2,1-3H3. The minimum atomic E-state index is -0.353. The molecule has 1 aromatic carbocycles. The van der Waals surface area contributed by atoms with Gasteiger partial charge < -0.3 is 23.8 Å². The van der Waals surface area contributed by atoms with Crippen LogP contribution in [0.3, 0.4) is 0 Å². The normalized spacial score (nSPS) is 10.2. The first-order valence-corrected chi connectivity index (χ1v) is 8.30. The molecule has 0 aliphatic carbocycles. The third-order valence-corrected chi connectivity index (χ3v) is 3.51. The lowest BCUT2D eigenvalue weighted by atomic mass is 10.3. The number of hydrogen-bond donors (Lipinski definition) is 0. The SMILES string of the molecule is CCOCCCN(CCC(=O)OC)C(=O)COc1ccccc1OC. The summed E-state index contributed by atoms with van der Waals surface area (Å²) in [6.07, 6.45) is 0.834. The summed E-state index contributed by atoms with van der Waals surface area (Å²) in [5.41, 5.74) is 0. The molecule has 1 amide bonds. The maximum absolute atomic E-state index is 12.4. The maximum Gasteiger partial charge on any atom is 0.307 e. The van der Waals surface area contributed by atoms with Crippen molar-refractivity contribution in [2.75, 3.05) is 47.1 Å². The Morgan fingerprint density at radius 2 is 1.80 bits per heavy atom. The molecule has 140 valence electrons. The van der Waals surface area contributed by atoms with Crippen molar-refractivity contribution in [3.8, 4) is 11.5 Å². The van der Waals surface area contributed by atoms with Crippen LogP contribution in [0.2, 0.25) is 0 Å². The van der Waals surface area contributed by atoms with Crippen LogP contribution in [0.25, 0.3) is 0 Å². The molecule has 0 aromatic heterocycles. The van der Waals surface area contributed by atoms with Crippen molar-refractivity contribution in [3.05, 3.63) is 24.3 Å². The summed E-state index contributed by atoms with van der Waals surface area (Å²) in [6.45, 7) is 3.76. The van der Waals surface area contributed by atoms with E-state index in [0.717, 1.165) is 0 Å². The lowest BCUT2D eigenvalue weighted by molar-refractivity contribution is -0.142. The lowest BCUT2D eigenvalue weighted by Gasteiger charge is -2.22. The van der Waals surface area contributed by atoms with Crippen LogP contribution in [0.4, 0.5) is 0 Å². The molecular weight excluding hydrogens is 326 g/mol. The van der Waals surface area contributed by atoms with Crippen LogP contribution in [0.5, 0.6) is 11.5 Å². The zero-order valence-corrected chi connectivity index (χ0v) is 15.2. The highest BCUT2D eigenvalue weighted by Gasteiger charge is 2.16. The molecule has 0 atom stereocenters. The van der Waals surface area contributed by atoms with E-state index in [2.05, 4.69) is 4.74 Å². The highest BCUT2D eigenvalue weighted by atomic mass is 16.5.